The number of hydrogen-bond acceptors (Lipinski definition) is 1. The second-order valence-corrected chi connectivity index (χ2v) is 4.41. The molecule has 0 aromatic rings. The van der Waals surface area contributed by atoms with Crippen LogP contribution in [0.1, 0.15) is 20.8 Å². The fraction of sp³-hybridized carbons (Fsp3) is 0.143. The highest BCUT2D eigenvalue weighted by Gasteiger charge is 2.11. The third-order valence-electron chi connectivity index (χ3n) is 2.75. The molecule has 0 bridgehead atoms. The van der Waals surface area contributed by atoms with E-state index < -0.39 is 0 Å². The number of hydrogen-bond donors (Lipinski definition) is 0. The lowest BCUT2D eigenvalue weighted by Gasteiger charge is -2.27. The first-order valence-electron chi connectivity index (χ1n) is 7.33. The summed E-state index contributed by atoms with van der Waals surface area (Å²) in [6.07, 6.45) is 23.3. The van der Waals surface area contributed by atoms with Crippen LogP contribution >= 0.6 is 0 Å². The van der Waals surface area contributed by atoms with Crippen molar-refractivity contribution in [2.45, 2.75) is 20.8 Å². The van der Waals surface area contributed by atoms with Gasteiger partial charge in [0, 0.05) is 17.1 Å². The van der Waals surface area contributed by atoms with Crippen LogP contribution in [0.2, 0.25) is 0 Å². The molecule has 0 aliphatic carbocycles. The molecule has 0 rings (SSSR count). The van der Waals surface area contributed by atoms with E-state index in [-0.39, 0.29) is 0 Å². The second kappa shape index (κ2) is 12.2. The van der Waals surface area contributed by atoms with Gasteiger partial charge in [-0.15, -0.1) is 0 Å². The normalized spacial score (nSPS) is 14.0. The van der Waals surface area contributed by atoms with Gasteiger partial charge in [0.2, 0.25) is 0 Å². The van der Waals surface area contributed by atoms with E-state index in [0.29, 0.717) is 0 Å². The Balaban J connectivity index is 6.06. The molecular weight excluding hydrogens is 266 g/mol. The van der Waals surface area contributed by atoms with Crippen molar-refractivity contribution in [3.63, 3.8) is 0 Å². The molecule has 116 valence electrons. The maximum atomic E-state index is 3.93. The summed E-state index contributed by atoms with van der Waals surface area (Å²) in [6, 6.07) is 0. The lowest BCUT2D eigenvalue weighted by molar-refractivity contribution is 0.561. The molecule has 0 fully saturated rings. The molecule has 1 nitrogen and oxygen atoms in total. The maximum Gasteiger partial charge on any atom is 0.0454 e. The zero-order chi connectivity index (χ0) is 16.8. The molecule has 0 heterocycles. The van der Waals surface area contributed by atoms with Gasteiger partial charge < -0.3 is 4.90 Å². The molecular formula is C21H27N. The van der Waals surface area contributed by atoms with Crippen LogP contribution in [0, 0.1) is 0 Å². The van der Waals surface area contributed by atoms with Gasteiger partial charge in [0.05, 0.1) is 0 Å². The minimum absolute atomic E-state index is 0.975. The van der Waals surface area contributed by atoms with Gasteiger partial charge in [0.1, 0.15) is 0 Å². The molecule has 0 N–H and O–H groups in total. The summed E-state index contributed by atoms with van der Waals surface area (Å²) in [5, 5.41) is 0. The quantitative estimate of drug-likeness (QED) is 0.456. The van der Waals surface area contributed by atoms with Gasteiger partial charge in [0.25, 0.3) is 0 Å². The summed E-state index contributed by atoms with van der Waals surface area (Å²) in [7, 11) is 0. The van der Waals surface area contributed by atoms with Gasteiger partial charge in [-0.2, -0.15) is 0 Å². The third kappa shape index (κ3) is 6.76. The smallest absolute Gasteiger partial charge is 0.0454 e. The minimum atomic E-state index is 0.975. The molecule has 0 aromatic carbocycles. The monoisotopic (exact) mass is 293 g/mol. The Labute approximate surface area is 136 Å². The second-order valence-electron chi connectivity index (χ2n) is 4.41. The van der Waals surface area contributed by atoms with Crippen LogP contribution < -0.4 is 0 Å². The van der Waals surface area contributed by atoms with Crippen LogP contribution in [-0.2, 0) is 0 Å². The van der Waals surface area contributed by atoms with Crippen molar-refractivity contribution >= 4 is 0 Å². The van der Waals surface area contributed by atoms with Crippen LogP contribution in [0.3, 0.4) is 0 Å². The van der Waals surface area contributed by atoms with Gasteiger partial charge >= 0.3 is 0 Å². The molecule has 0 unspecified atom stereocenters. The van der Waals surface area contributed by atoms with E-state index in [9.17, 15) is 0 Å². The Morgan fingerprint density at radius 1 is 0.773 bits per heavy atom. The highest BCUT2D eigenvalue weighted by molar-refractivity contribution is 5.37. The van der Waals surface area contributed by atoms with E-state index in [1.54, 1.807) is 12.2 Å². The molecule has 0 saturated carbocycles. The fourth-order valence-electron chi connectivity index (χ4n) is 1.83. The molecule has 0 spiro atoms. The summed E-state index contributed by atoms with van der Waals surface area (Å²) in [5.74, 6) is 0. The molecule has 0 saturated heterocycles. The first-order valence-corrected chi connectivity index (χ1v) is 7.33. The van der Waals surface area contributed by atoms with Crippen molar-refractivity contribution in [2.24, 2.45) is 0 Å². The van der Waals surface area contributed by atoms with E-state index >= 15 is 0 Å². The topological polar surface area (TPSA) is 3.24 Å². The van der Waals surface area contributed by atoms with Crippen molar-refractivity contribution in [2.75, 3.05) is 0 Å². The van der Waals surface area contributed by atoms with Gasteiger partial charge in [-0.3, -0.25) is 0 Å². The van der Waals surface area contributed by atoms with E-state index in [4.69, 9.17) is 0 Å². The molecule has 0 radical (unpaired) electrons. The number of allylic oxidation sites excluding steroid dienone is 13. The van der Waals surface area contributed by atoms with E-state index in [2.05, 4.69) is 37.6 Å². The Kier molecular flexibility index (Phi) is 10.8. The zero-order valence-electron chi connectivity index (χ0n) is 14.0. The van der Waals surface area contributed by atoms with E-state index in [1.165, 1.54) is 0 Å². The standard InChI is InChI=1S/C21H27N/c1-7-12-14-18-20(11-5)22(19(6)17-13-8-2)21(15-9-3)16-10-4/h7-18H,1,3,5H2,2,4,6H3/b13-8-,14-12-,16-10-,19-17+,20-18+,21-15+. The van der Waals surface area contributed by atoms with Crippen molar-refractivity contribution < 1.29 is 0 Å². The van der Waals surface area contributed by atoms with Crippen LogP contribution in [0.5, 0.6) is 0 Å². The molecule has 1 heteroatoms. The largest absolute Gasteiger partial charge is 0.315 e. The molecule has 0 aliphatic rings. The lowest BCUT2D eigenvalue weighted by Crippen LogP contribution is -2.18. The Bertz CT molecular complexity index is 548. The average Bonchev–Trinajstić information content (AvgIpc) is 2.52. The van der Waals surface area contributed by atoms with Gasteiger partial charge in [0.15, 0.2) is 0 Å². The predicted molar refractivity (Wildman–Crippen MR) is 101 cm³/mol. The van der Waals surface area contributed by atoms with Gasteiger partial charge in [-0.25, -0.2) is 0 Å². The Morgan fingerprint density at radius 3 is 2.00 bits per heavy atom. The molecule has 22 heavy (non-hydrogen) atoms. The number of nitrogens with zero attached hydrogens (tertiary/aromatic N) is 1. The fourth-order valence-corrected chi connectivity index (χ4v) is 1.83. The summed E-state index contributed by atoms with van der Waals surface area (Å²) < 4.78 is 0. The number of rotatable bonds is 9. The van der Waals surface area contributed by atoms with Gasteiger partial charge in [-0.1, -0.05) is 62.3 Å². The van der Waals surface area contributed by atoms with Crippen molar-refractivity contribution in [1.82, 2.24) is 4.90 Å². The molecule has 0 amide bonds. The van der Waals surface area contributed by atoms with E-state index in [0.717, 1.165) is 17.1 Å². The zero-order valence-corrected chi connectivity index (χ0v) is 14.0. The van der Waals surface area contributed by atoms with Crippen LogP contribution in [0.25, 0.3) is 0 Å². The van der Waals surface area contributed by atoms with Crippen LogP contribution in [0.15, 0.2) is 110 Å². The first kappa shape index (κ1) is 19.5. The highest BCUT2D eigenvalue weighted by atomic mass is 15.2. The molecule has 0 aromatic heterocycles. The third-order valence-corrected chi connectivity index (χ3v) is 2.75. The SMILES string of the molecule is C=C/C=C\C=C(/C=C)N(/C(C)=C/C=C\C)C(/C=C\C)=C/C=C. The predicted octanol–water partition coefficient (Wildman–Crippen LogP) is 6.23. The molecule has 0 aliphatic heterocycles. The van der Waals surface area contributed by atoms with Crippen LogP contribution in [-0.4, -0.2) is 4.90 Å². The van der Waals surface area contributed by atoms with E-state index in [1.807, 2.05) is 68.5 Å². The average molecular weight is 293 g/mol. The maximum absolute atomic E-state index is 3.93. The Hall–Kier alpha value is -2.54. The van der Waals surface area contributed by atoms with Crippen molar-refractivity contribution in [3.05, 3.63) is 110 Å². The van der Waals surface area contributed by atoms with Crippen LogP contribution in [0.4, 0.5) is 0 Å². The minimum Gasteiger partial charge on any atom is -0.315 e. The van der Waals surface area contributed by atoms with Crippen molar-refractivity contribution in [3.8, 4) is 0 Å². The molecule has 0 atom stereocenters. The van der Waals surface area contributed by atoms with Gasteiger partial charge in [-0.05, 0) is 51.2 Å². The highest BCUT2D eigenvalue weighted by Crippen LogP contribution is 2.22. The summed E-state index contributed by atoms with van der Waals surface area (Å²) >= 11 is 0. The first-order chi connectivity index (χ1) is 10.7. The Morgan fingerprint density at radius 2 is 1.50 bits per heavy atom. The lowest BCUT2D eigenvalue weighted by atomic mass is 10.2. The van der Waals surface area contributed by atoms with Crippen molar-refractivity contribution in [1.29, 1.82) is 0 Å². The summed E-state index contributed by atoms with van der Waals surface area (Å²) in [4.78, 5) is 2.13. The summed E-state index contributed by atoms with van der Waals surface area (Å²) in [5.41, 5.74) is 3.08. The summed E-state index contributed by atoms with van der Waals surface area (Å²) in [6.45, 7) is 17.5.